The van der Waals surface area contributed by atoms with Crippen LogP contribution < -0.4 is 0 Å². The first-order chi connectivity index (χ1) is 23.3. The minimum Gasteiger partial charge on any atom is -0.368 e. The van der Waals surface area contributed by atoms with E-state index in [0.29, 0.717) is 5.56 Å². The molecule has 0 radical (unpaired) electrons. The van der Waals surface area contributed by atoms with E-state index in [2.05, 4.69) is 0 Å². The van der Waals surface area contributed by atoms with Crippen molar-refractivity contribution in [1.82, 2.24) is 0 Å². The fourth-order valence-corrected chi connectivity index (χ4v) is 6.38. The summed E-state index contributed by atoms with van der Waals surface area (Å²) in [5.74, 6) is 0. The average Bonchev–Trinajstić information content (AvgIpc) is 3.12. The summed E-state index contributed by atoms with van der Waals surface area (Å²) in [6, 6.07) is 36.9. The third-order valence-electron chi connectivity index (χ3n) is 8.07. The highest BCUT2D eigenvalue weighted by Crippen LogP contribution is 2.60. The number of rotatable bonds is 17. The summed E-state index contributed by atoms with van der Waals surface area (Å²) in [5, 5.41) is 0. The Labute approximate surface area is 280 Å². The lowest BCUT2D eigenvalue weighted by molar-refractivity contribution is -0.319. The van der Waals surface area contributed by atoms with Crippen LogP contribution >= 0.6 is 7.60 Å². The van der Waals surface area contributed by atoms with Crippen LogP contribution in [0.4, 0.5) is 8.78 Å². The first-order valence-electron chi connectivity index (χ1n) is 15.8. The van der Waals surface area contributed by atoms with E-state index in [4.69, 9.17) is 28.2 Å². The van der Waals surface area contributed by atoms with Gasteiger partial charge in [-0.2, -0.15) is 8.78 Å². The summed E-state index contributed by atoms with van der Waals surface area (Å²) in [6.45, 7) is 0.0874. The molecule has 1 N–H and O–H groups in total. The summed E-state index contributed by atoms with van der Waals surface area (Å²) in [5.41, 5.74) is -0.921. The quantitative estimate of drug-likeness (QED) is 0.113. The first-order valence-corrected chi connectivity index (χ1v) is 17.4. The van der Waals surface area contributed by atoms with E-state index >= 15 is 8.78 Å². The zero-order valence-electron chi connectivity index (χ0n) is 26.7. The van der Waals surface area contributed by atoms with E-state index in [1.54, 1.807) is 30.3 Å². The monoisotopic (exact) mass is 682 g/mol. The van der Waals surface area contributed by atoms with Crippen LogP contribution in [0.2, 0.25) is 0 Å². The van der Waals surface area contributed by atoms with Gasteiger partial charge in [0.15, 0.2) is 6.29 Å². The second-order valence-electron chi connectivity index (χ2n) is 11.5. The lowest BCUT2D eigenvalue weighted by Gasteiger charge is -2.46. The standard InChI is InChI=1S/C37H41F2O8P/c1-42-36-35(45-26-30-18-10-4-11-19-30)34(44-25-29-16-8-3-9-17-29)33(43-24-28-14-6-2-7-15-28)32(47-36)22-23-37(38,39)48(40,41)46-27-31-20-12-5-13-21-31/h2-21,32-36H,22-27H2,1H3,(H,40,41)/t32-,33-,34+,35+,36+/m1/s1. The molecule has 1 fully saturated rings. The number of ether oxygens (including phenoxy) is 5. The van der Waals surface area contributed by atoms with Crippen molar-refractivity contribution < 1.29 is 46.4 Å². The van der Waals surface area contributed by atoms with Gasteiger partial charge in [-0.25, -0.2) is 0 Å². The number of hydrogen-bond donors (Lipinski definition) is 1. The minimum absolute atomic E-state index is 0.134. The van der Waals surface area contributed by atoms with Crippen LogP contribution in [0.1, 0.15) is 35.1 Å². The van der Waals surface area contributed by atoms with E-state index in [-0.39, 0.29) is 26.2 Å². The van der Waals surface area contributed by atoms with Gasteiger partial charge in [0.25, 0.3) is 0 Å². The summed E-state index contributed by atoms with van der Waals surface area (Å²) in [6.07, 6.45) is -5.96. The Bertz CT molecular complexity index is 1550. The highest BCUT2D eigenvalue weighted by atomic mass is 31.2. The molecule has 4 aromatic rings. The zero-order valence-corrected chi connectivity index (χ0v) is 27.6. The molecule has 48 heavy (non-hydrogen) atoms. The van der Waals surface area contributed by atoms with Gasteiger partial charge in [0.2, 0.25) is 0 Å². The molecule has 6 atom stereocenters. The fourth-order valence-electron chi connectivity index (χ4n) is 5.46. The lowest BCUT2D eigenvalue weighted by atomic mass is 9.94. The van der Waals surface area contributed by atoms with E-state index < -0.39 is 57.0 Å². The van der Waals surface area contributed by atoms with Gasteiger partial charge in [-0.05, 0) is 28.7 Å². The third kappa shape index (κ3) is 9.87. The molecule has 5 rings (SSSR count). The Balaban J connectivity index is 1.39. The Morgan fingerprint density at radius 3 is 1.48 bits per heavy atom. The maximum Gasteiger partial charge on any atom is 0.397 e. The normalized spacial score (nSPS) is 22.6. The van der Waals surface area contributed by atoms with Crippen LogP contribution in [0.25, 0.3) is 0 Å². The van der Waals surface area contributed by atoms with Crippen LogP contribution in [0.5, 0.6) is 0 Å². The first kappa shape index (κ1) is 36.0. The van der Waals surface area contributed by atoms with Crippen molar-refractivity contribution in [2.75, 3.05) is 7.11 Å². The van der Waals surface area contributed by atoms with Crippen molar-refractivity contribution in [3.63, 3.8) is 0 Å². The summed E-state index contributed by atoms with van der Waals surface area (Å²) >= 11 is 0. The number of methoxy groups -OCH3 is 1. The molecule has 256 valence electrons. The molecular weight excluding hydrogens is 641 g/mol. The van der Waals surface area contributed by atoms with Gasteiger partial charge < -0.3 is 28.6 Å². The average molecular weight is 683 g/mol. The third-order valence-corrected chi connectivity index (χ3v) is 9.60. The topological polar surface area (TPSA) is 92.7 Å². The second-order valence-corrected chi connectivity index (χ2v) is 13.5. The van der Waals surface area contributed by atoms with Gasteiger partial charge in [0.05, 0.1) is 32.5 Å². The minimum atomic E-state index is -5.38. The van der Waals surface area contributed by atoms with E-state index in [0.717, 1.165) is 16.7 Å². The van der Waals surface area contributed by atoms with Crippen molar-refractivity contribution in [1.29, 1.82) is 0 Å². The maximum atomic E-state index is 15.4. The molecule has 4 aromatic carbocycles. The molecule has 1 unspecified atom stereocenters. The largest absolute Gasteiger partial charge is 0.397 e. The maximum absolute atomic E-state index is 15.4. The van der Waals surface area contributed by atoms with Gasteiger partial charge >= 0.3 is 13.3 Å². The van der Waals surface area contributed by atoms with Crippen molar-refractivity contribution >= 4 is 7.60 Å². The van der Waals surface area contributed by atoms with Crippen molar-refractivity contribution in [2.24, 2.45) is 0 Å². The number of benzene rings is 4. The summed E-state index contributed by atoms with van der Waals surface area (Å²) in [7, 11) is -3.94. The number of halogens is 2. The smallest absolute Gasteiger partial charge is 0.368 e. The van der Waals surface area contributed by atoms with Crippen LogP contribution in [0, 0.1) is 0 Å². The van der Waals surface area contributed by atoms with Gasteiger partial charge in [0, 0.05) is 13.5 Å². The predicted molar refractivity (Wildman–Crippen MR) is 176 cm³/mol. The molecule has 1 heterocycles. The lowest BCUT2D eigenvalue weighted by Crippen LogP contribution is -2.60. The van der Waals surface area contributed by atoms with E-state index in [1.165, 1.54) is 7.11 Å². The van der Waals surface area contributed by atoms with Gasteiger partial charge in [-0.3, -0.25) is 9.09 Å². The molecule has 0 amide bonds. The van der Waals surface area contributed by atoms with E-state index in [9.17, 15) is 9.46 Å². The summed E-state index contributed by atoms with van der Waals surface area (Å²) < 4.78 is 79.9. The Hall–Kier alpha value is -3.31. The van der Waals surface area contributed by atoms with Crippen molar-refractivity contribution in [3.05, 3.63) is 144 Å². The fraction of sp³-hybridized carbons (Fsp3) is 0.351. The molecule has 8 nitrogen and oxygen atoms in total. The Morgan fingerprint density at radius 2 is 1.04 bits per heavy atom. The van der Waals surface area contributed by atoms with Gasteiger partial charge in [0.1, 0.15) is 18.3 Å². The summed E-state index contributed by atoms with van der Waals surface area (Å²) in [4.78, 5) is 10.4. The molecule has 11 heteroatoms. The van der Waals surface area contributed by atoms with E-state index in [1.807, 2.05) is 91.0 Å². The Morgan fingerprint density at radius 1 is 0.646 bits per heavy atom. The highest BCUT2D eigenvalue weighted by Gasteiger charge is 2.54. The molecule has 0 aromatic heterocycles. The number of hydrogen-bond acceptors (Lipinski definition) is 7. The molecule has 1 aliphatic rings. The van der Waals surface area contributed by atoms with Crippen LogP contribution in [0.3, 0.4) is 0 Å². The predicted octanol–water partition coefficient (Wildman–Crippen LogP) is 7.89. The van der Waals surface area contributed by atoms with Crippen molar-refractivity contribution in [3.8, 4) is 0 Å². The van der Waals surface area contributed by atoms with Crippen LogP contribution in [0.15, 0.2) is 121 Å². The molecule has 1 saturated heterocycles. The molecule has 1 aliphatic heterocycles. The number of alkyl halides is 2. The molecular formula is C37H41F2O8P. The second kappa shape index (κ2) is 17.4. The molecule has 0 spiro atoms. The van der Waals surface area contributed by atoms with Crippen LogP contribution in [-0.2, 0) is 59.2 Å². The highest BCUT2D eigenvalue weighted by molar-refractivity contribution is 7.54. The SMILES string of the molecule is CO[C@H]1O[C@H](CCC(F)(F)P(=O)(O)OCc2ccccc2)[C@@H](OCc2ccccc2)[C@H](OCc2ccccc2)[C@@H]1OCc1ccccc1. The van der Waals surface area contributed by atoms with Crippen molar-refractivity contribution in [2.45, 2.75) is 75.6 Å². The van der Waals surface area contributed by atoms with Crippen LogP contribution in [-0.4, -0.2) is 48.4 Å². The molecule has 0 aliphatic carbocycles. The molecule has 0 bridgehead atoms. The molecule has 0 saturated carbocycles. The Kier molecular flexibility index (Phi) is 13.0. The van der Waals surface area contributed by atoms with Gasteiger partial charge in [-0.15, -0.1) is 0 Å². The van der Waals surface area contributed by atoms with Gasteiger partial charge in [-0.1, -0.05) is 121 Å². The zero-order chi connectivity index (χ0) is 33.8.